The van der Waals surface area contributed by atoms with Crippen molar-refractivity contribution in [2.24, 2.45) is 5.73 Å². The number of nitrogens with one attached hydrogen (secondary N) is 1. The summed E-state index contributed by atoms with van der Waals surface area (Å²) in [6.07, 6.45) is 0. The fraction of sp³-hybridized carbons (Fsp3) is 0.0714. The maximum Gasteiger partial charge on any atom is 0.269 e. The lowest BCUT2D eigenvalue weighted by Crippen LogP contribution is -2.10. The molecule has 0 fully saturated rings. The molecule has 6 heteroatoms. The second kappa shape index (κ2) is 5.83. The van der Waals surface area contributed by atoms with E-state index in [1.165, 1.54) is 12.1 Å². The van der Waals surface area contributed by atoms with Crippen LogP contribution in [-0.4, -0.2) is 10.8 Å². The summed E-state index contributed by atoms with van der Waals surface area (Å²) < 4.78 is 0. The molecule has 0 heterocycles. The Kier molecular flexibility index (Phi) is 3.95. The van der Waals surface area contributed by atoms with E-state index in [0.717, 1.165) is 11.3 Å². The number of non-ortho nitro benzene ring substituents is 1. The van der Waals surface area contributed by atoms with Crippen molar-refractivity contribution in [3.8, 4) is 0 Å². The van der Waals surface area contributed by atoms with Crippen LogP contribution in [0, 0.1) is 10.1 Å². The first-order valence-corrected chi connectivity index (χ1v) is 5.93. The van der Waals surface area contributed by atoms with Crippen LogP contribution >= 0.6 is 0 Å². The van der Waals surface area contributed by atoms with Gasteiger partial charge in [-0.3, -0.25) is 14.9 Å². The number of carbonyl (C=O) groups is 1. The third-order valence-corrected chi connectivity index (χ3v) is 2.81. The fourth-order valence-corrected chi connectivity index (χ4v) is 1.69. The Bertz CT molecular complexity index is 564. The molecule has 0 radical (unpaired) electrons. The average molecular weight is 271 g/mol. The van der Waals surface area contributed by atoms with Crippen molar-refractivity contribution in [1.29, 1.82) is 0 Å². The Balaban J connectivity index is 1.97. The molecule has 0 aliphatic heterocycles. The maximum atomic E-state index is 10.9. The summed E-state index contributed by atoms with van der Waals surface area (Å²) in [6, 6.07) is 13.1. The maximum absolute atomic E-state index is 10.9. The number of benzene rings is 2. The third-order valence-electron chi connectivity index (χ3n) is 2.81. The second-order valence-electron chi connectivity index (χ2n) is 4.22. The van der Waals surface area contributed by atoms with Crippen LogP contribution in [0.25, 0.3) is 0 Å². The van der Waals surface area contributed by atoms with Gasteiger partial charge in [0.15, 0.2) is 0 Å². The highest BCUT2D eigenvalue weighted by Gasteiger charge is 2.04. The Morgan fingerprint density at radius 1 is 1.10 bits per heavy atom. The van der Waals surface area contributed by atoms with Gasteiger partial charge in [-0.15, -0.1) is 0 Å². The van der Waals surface area contributed by atoms with E-state index >= 15 is 0 Å². The van der Waals surface area contributed by atoms with E-state index in [9.17, 15) is 14.9 Å². The van der Waals surface area contributed by atoms with Crippen molar-refractivity contribution in [3.63, 3.8) is 0 Å². The minimum Gasteiger partial charge on any atom is -0.381 e. The number of nitro groups is 1. The molecule has 1 amide bonds. The number of nitrogens with zero attached hydrogens (tertiary/aromatic N) is 1. The van der Waals surface area contributed by atoms with Gasteiger partial charge in [-0.1, -0.05) is 12.1 Å². The number of amides is 1. The molecule has 3 N–H and O–H groups in total. The number of rotatable bonds is 5. The molecule has 0 aliphatic rings. The quantitative estimate of drug-likeness (QED) is 0.644. The predicted octanol–water partition coefficient (Wildman–Crippen LogP) is 2.31. The highest BCUT2D eigenvalue weighted by atomic mass is 16.6. The Labute approximate surface area is 115 Å². The van der Waals surface area contributed by atoms with Crippen LogP contribution < -0.4 is 11.1 Å². The molecule has 0 bridgehead atoms. The largest absolute Gasteiger partial charge is 0.381 e. The number of hydrogen-bond donors (Lipinski definition) is 2. The molecule has 102 valence electrons. The first kappa shape index (κ1) is 13.5. The van der Waals surface area contributed by atoms with E-state index in [2.05, 4.69) is 5.32 Å². The zero-order chi connectivity index (χ0) is 14.5. The number of anilines is 1. The normalized spacial score (nSPS) is 10.0. The van der Waals surface area contributed by atoms with Crippen LogP contribution in [-0.2, 0) is 6.54 Å². The molecule has 0 aliphatic carbocycles. The lowest BCUT2D eigenvalue weighted by atomic mass is 10.2. The van der Waals surface area contributed by atoms with E-state index in [4.69, 9.17) is 5.73 Å². The Morgan fingerprint density at radius 2 is 1.70 bits per heavy atom. The van der Waals surface area contributed by atoms with Gasteiger partial charge in [-0.05, 0) is 29.8 Å². The van der Waals surface area contributed by atoms with E-state index in [0.29, 0.717) is 12.1 Å². The van der Waals surface area contributed by atoms with Crippen LogP contribution in [0.15, 0.2) is 48.5 Å². The molecular weight excluding hydrogens is 258 g/mol. The van der Waals surface area contributed by atoms with Crippen LogP contribution in [0.1, 0.15) is 15.9 Å². The van der Waals surface area contributed by atoms with Crippen LogP contribution in [0.5, 0.6) is 0 Å². The number of nitro benzene ring substituents is 1. The van der Waals surface area contributed by atoms with Crippen LogP contribution in [0.2, 0.25) is 0 Å². The van der Waals surface area contributed by atoms with Crippen molar-refractivity contribution in [2.75, 3.05) is 5.32 Å². The smallest absolute Gasteiger partial charge is 0.269 e. The van der Waals surface area contributed by atoms with Gasteiger partial charge in [-0.2, -0.15) is 0 Å². The topological polar surface area (TPSA) is 98.3 Å². The molecule has 0 saturated carbocycles. The Hall–Kier alpha value is -2.89. The van der Waals surface area contributed by atoms with Gasteiger partial charge in [0.25, 0.3) is 5.69 Å². The van der Waals surface area contributed by atoms with Gasteiger partial charge >= 0.3 is 0 Å². The zero-order valence-electron chi connectivity index (χ0n) is 10.6. The molecule has 2 rings (SSSR count). The predicted molar refractivity (Wildman–Crippen MR) is 75.4 cm³/mol. The second-order valence-corrected chi connectivity index (χ2v) is 4.22. The SMILES string of the molecule is NC(=O)c1ccc(NCc2ccc([N+](=O)[O-])cc2)cc1. The molecule has 0 saturated heterocycles. The van der Waals surface area contributed by atoms with Gasteiger partial charge in [0.1, 0.15) is 0 Å². The highest BCUT2D eigenvalue weighted by Crippen LogP contribution is 2.14. The summed E-state index contributed by atoms with van der Waals surface area (Å²) in [5.41, 5.74) is 7.44. The number of nitrogens with two attached hydrogens (primary N) is 1. The molecule has 0 unspecified atom stereocenters. The van der Waals surface area contributed by atoms with Crippen molar-refractivity contribution < 1.29 is 9.72 Å². The fourth-order valence-electron chi connectivity index (χ4n) is 1.69. The van der Waals surface area contributed by atoms with Gasteiger partial charge in [0, 0.05) is 29.9 Å². The average Bonchev–Trinajstić information content (AvgIpc) is 2.46. The summed E-state index contributed by atoms with van der Waals surface area (Å²) in [5, 5.41) is 13.7. The minimum absolute atomic E-state index is 0.0690. The lowest BCUT2D eigenvalue weighted by molar-refractivity contribution is -0.384. The summed E-state index contributed by atoms with van der Waals surface area (Å²) in [4.78, 5) is 21.0. The molecule has 0 aromatic heterocycles. The van der Waals surface area contributed by atoms with Crippen molar-refractivity contribution in [2.45, 2.75) is 6.54 Å². The van der Waals surface area contributed by atoms with Gasteiger partial charge in [0.05, 0.1) is 4.92 Å². The summed E-state index contributed by atoms with van der Waals surface area (Å²) in [7, 11) is 0. The molecule has 0 atom stereocenters. The first-order valence-electron chi connectivity index (χ1n) is 5.93. The molecule has 20 heavy (non-hydrogen) atoms. The summed E-state index contributed by atoms with van der Waals surface area (Å²) >= 11 is 0. The molecular formula is C14H13N3O3. The molecule has 2 aromatic rings. The minimum atomic E-state index is -0.466. The third kappa shape index (κ3) is 3.32. The zero-order valence-corrected chi connectivity index (χ0v) is 10.6. The number of hydrogen-bond acceptors (Lipinski definition) is 4. The summed E-state index contributed by atoms with van der Waals surface area (Å²) in [5.74, 6) is -0.466. The standard InChI is InChI=1S/C14H13N3O3/c15-14(18)11-3-5-12(6-4-11)16-9-10-1-7-13(8-2-10)17(19)20/h1-8,16H,9H2,(H2,15,18). The monoisotopic (exact) mass is 271 g/mol. The van der Waals surface area contributed by atoms with Crippen molar-refractivity contribution in [1.82, 2.24) is 0 Å². The van der Waals surface area contributed by atoms with Gasteiger partial charge in [0.2, 0.25) is 5.91 Å². The van der Waals surface area contributed by atoms with Crippen LogP contribution in [0.4, 0.5) is 11.4 Å². The van der Waals surface area contributed by atoms with Crippen molar-refractivity contribution in [3.05, 3.63) is 69.8 Å². The number of primary amides is 1. The Morgan fingerprint density at radius 3 is 2.20 bits per heavy atom. The molecule has 0 spiro atoms. The highest BCUT2D eigenvalue weighted by molar-refractivity contribution is 5.93. The van der Waals surface area contributed by atoms with Crippen molar-refractivity contribution >= 4 is 17.3 Å². The van der Waals surface area contributed by atoms with E-state index in [1.54, 1.807) is 36.4 Å². The van der Waals surface area contributed by atoms with Gasteiger partial charge in [-0.25, -0.2) is 0 Å². The van der Waals surface area contributed by atoms with E-state index < -0.39 is 10.8 Å². The number of carbonyl (C=O) groups excluding carboxylic acids is 1. The molecule has 6 nitrogen and oxygen atoms in total. The van der Waals surface area contributed by atoms with E-state index in [-0.39, 0.29) is 5.69 Å². The first-order chi connectivity index (χ1) is 9.56. The van der Waals surface area contributed by atoms with E-state index in [1.807, 2.05) is 0 Å². The lowest BCUT2D eigenvalue weighted by Gasteiger charge is -2.06. The summed E-state index contributed by atoms with van der Waals surface area (Å²) in [6.45, 7) is 0.536. The molecule has 2 aromatic carbocycles. The van der Waals surface area contributed by atoms with Crippen LogP contribution in [0.3, 0.4) is 0 Å². The van der Waals surface area contributed by atoms with Gasteiger partial charge < -0.3 is 11.1 Å².